The fraction of sp³-hybridized carbons (Fsp3) is 0.143. The second-order valence-electron chi connectivity index (χ2n) is 6.02. The van der Waals surface area contributed by atoms with E-state index in [9.17, 15) is 19.1 Å². The number of hydrogen-bond acceptors (Lipinski definition) is 4. The normalized spacial score (nSPS) is 18.6. The molecule has 0 bridgehead atoms. The van der Waals surface area contributed by atoms with Crippen molar-refractivity contribution in [2.75, 3.05) is 13.7 Å². The van der Waals surface area contributed by atoms with Crippen LogP contribution in [0.3, 0.4) is 0 Å². The summed E-state index contributed by atoms with van der Waals surface area (Å²) >= 11 is 0. The molecule has 0 saturated carbocycles. The number of carbonyl (C=O) groups is 2. The number of halogens is 1. The van der Waals surface area contributed by atoms with Gasteiger partial charge in [-0.15, -0.1) is 6.58 Å². The van der Waals surface area contributed by atoms with Gasteiger partial charge in [-0.25, -0.2) is 4.39 Å². The molecule has 2 aromatic rings. The Balaban J connectivity index is 2.16. The van der Waals surface area contributed by atoms with Crippen molar-refractivity contribution in [3.63, 3.8) is 0 Å². The van der Waals surface area contributed by atoms with Crippen LogP contribution in [0.4, 0.5) is 4.39 Å². The maximum atomic E-state index is 13.3. The summed E-state index contributed by atoms with van der Waals surface area (Å²) in [5, 5.41) is 10.8. The number of hydrogen-bond donors (Lipinski definition) is 1. The highest BCUT2D eigenvalue weighted by molar-refractivity contribution is 6.46. The Hall–Kier alpha value is -3.41. The lowest BCUT2D eigenvalue weighted by Gasteiger charge is -2.24. The fourth-order valence-corrected chi connectivity index (χ4v) is 3.10. The maximum absolute atomic E-state index is 13.3. The van der Waals surface area contributed by atoms with Crippen molar-refractivity contribution in [3.05, 3.63) is 83.7 Å². The summed E-state index contributed by atoms with van der Waals surface area (Å²) in [6, 6.07) is 11.1. The summed E-state index contributed by atoms with van der Waals surface area (Å²) in [7, 11) is 1.52. The molecular weight excluding hydrogens is 349 g/mol. The summed E-state index contributed by atoms with van der Waals surface area (Å²) in [4.78, 5) is 26.4. The number of aliphatic hydroxyl groups is 1. The van der Waals surface area contributed by atoms with Gasteiger partial charge in [-0.2, -0.15) is 0 Å². The maximum Gasteiger partial charge on any atom is 0.295 e. The SMILES string of the molecule is C=CCN1C(=O)C(=O)/C(=C(/O)c2ccc(OC)cc2)C1c1ccc(F)cc1. The van der Waals surface area contributed by atoms with Crippen molar-refractivity contribution >= 4 is 17.4 Å². The Bertz CT molecular complexity index is 916. The van der Waals surface area contributed by atoms with Crippen LogP contribution in [0.1, 0.15) is 17.2 Å². The molecule has 3 rings (SSSR count). The van der Waals surface area contributed by atoms with E-state index in [-0.39, 0.29) is 17.9 Å². The molecular formula is C21H18FNO4. The minimum atomic E-state index is -0.828. The van der Waals surface area contributed by atoms with E-state index in [1.807, 2.05) is 0 Å². The summed E-state index contributed by atoms with van der Waals surface area (Å²) in [5.41, 5.74) is 0.852. The Morgan fingerprint density at radius 3 is 2.37 bits per heavy atom. The second-order valence-corrected chi connectivity index (χ2v) is 6.02. The Morgan fingerprint density at radius 1 is 1.19 bits per heavy atom. The Labute approximate surface area is 156 Å². The number of methoxy groups -OCH3 is 1. The molecule has 1 fully saturated rings. The minimum absolute atomic E-state index is 0.0429. The van der Waals surface area contributed by atoms with E-state index >= 15 is 0 Å². The first-order chi connectivity index (χ1) is 13.0. The number of rotatable bonds is 5. The van der Waals surface area contributed by atoms with Gasteiger partial charge in [0.15, 0.2) is 0 Å². The van der Waals surface area contributed by atoms with E-state index < -0.39 is 23.5 Å². The van der Waals surface area contributed by atoms with Crippen LogP contribution in [0.2, 0.25) is 0 Å². The van der Waals surface area contributed by atoms with Gasteiger partial charge in [-0.3, -0.25) is 9.59 Å². The molecule has 1 amide bonds. The van der Waals surface area contributed by atoms with Crippen LogP contribution in [0.15, 0.2) is 66.8 Å². The number of benzene rings is 2. The van der Waals surface area contributed by atoms with Crippen LogP contribution in [0, 0.1) is 5.82 Å². The fourth-order valence-electron chi connectivity index (χ4n) is 3.10. The van der Waals surface area contributed by atoms with Gasteiger partial charge in [-0.05, 0) is 42.0 Å². The molecule has 1 N–H and O–H groups in total. The van der Waals surface area contributed by atoms with Crippen molar-refractivity contribution in [1.29, 1.82) is 0 Å². The highest BCUT2D eigenvalue weighted by Crippen LogP contribution is 2.39. The van der Waals surface area contributed by atoms with Gasteiger partial charge in [-0.1, -0.05) is 18.2 Å². The molecule has 0 aliphatic carbocycles. The van der Waals surface area contributed by atoms with Gasteiger partial charge in [0.1, 0.15) is 17.3 Å². The predicted molar refractivity (Wildman–Crippen MR) is 98.6 cm³/mol. The van der Waals surface area contributed by atoms with Crippen molar-refractivity contribution in [2.45, 2.75) is 6.04 Å². The van der Waals surface area contributed by atoms with Crippen LogP contribution in [-0.2, 0) is 9.59 Å². The van der Waals surface area contributed by atoms with Crippen molar-refractivity contribution in [2.24, 2.45) is 0 Å². The number of nitrogens with zero attached hydrogens (tertiary/aromatic N) is 1. The summed E-state index contributed by atoms with van der Waals surface area (Å²) in [5.74, 6) is -1.67. The zero-order chi connectivity index (χ0) is 19.6. The molecule has 1 aliphatic rings. The molecule has 1 unspecified atom stereocenters. The summed E-state index contributed by atoms with van der Waals surface area (Å²) < 4.78 is 18.4. The molecule has 1 aliphatic heterocycles. The topological polar surface area (TPSA) is 66.8 Å². The van der Waals surface area contributed by atoms with Crippen LogP contribution in [0.5, 0.6) is 5.75 Å². The van der Waals surface area contributed by atoms with Gasteiger partial charge in [0.25, 0.3) is 11.7 Å². The van der Waals surface area contributed by atoms with E-state index in [4.69, 9.17) is 4.74 Å². The zero-order valence-corrected chi connectivity index (χ0v) is 14.7. The van der Waals surface area contributed by atoms with Gasteiger partial charge in [0.05, 0.1) is 18.7 Å². The molecule has 27 heavy (non-hydrogen) atoms. The van der Waals surface area contributed by atoms with Crippen LogP contribution in [0.25, 0.3) is 5.76 Å². The molecule has 0 aromatic heterocycles. The lowest BCUT2D eigenvalue weighted by atomic mass is 9.95. The Morgan fingerprint density at radius 2 is 1.81 bits per heavy atom. The lowest BCUT2D eigenvalue weighted by Crippen LogP contribution is -2.29. The van der Waals surface area contributed by atoms with Gasteiger partial charge >= 0.3 is 0 Å². The summed E-state index contributed by atoms with van der Waals surface area (Å²) in [6.07, 6.45) is 1.50. The van der Waals surface area contributed by atoms with Crippen molar-refractivity contribution in [1.82, 2.24) is 4.90 Å². The number of ether oxygens (including phenoxy) is 1. The van der Waals surface area contributed by atoms with Gasteiger partial charge in [0.2, 0.25) is 0 Å². The standard InChI is InChI=1S/C21H18FNO4/c1-3-12-23-18(13-4-8-15(22)9-5-13)17(20(25)21(23)26)19(24)14-6-10-16(27-2)11-7-14/h3-11,18,24H,1,12H2,2H3/b19-17+. The molecule has 2 aromatic carbocycles. The first kappa shape index (κ1) is 18.4. The number of likely N-dealkylation sites (tertiary alicyclic amines) is 1. The molecule has 6 heteroatoms. The number of amides is 1. The first-order valence-electron chi connectivity index (χ1n) is 8.27. The van der Waals surface area contributed by atoms with Crippen LogP contribution in [-0.4, -0.2) is 35.4 Å². The van der Waals surface area contributed by atoms with E-state index in [1.165, 1.54) is 42.4 Å². The molecule has 138 valence electrons. The molecule has 1 saturated heterocycles. The molecule has 1 heterocycles. The van der Waals surface area contributed by atoms with Gasteiger partial charge < -0.3 is 14.7 Å². The highest BCUT2D eigenvalue weighted by atomic mass is 19.1. The lowest BCUT2D eigenvalue weighted by molar-refractivity contribution is -0.139. The number of carbonyl (C=O) groups excluding carboxylic acids is 2. The third kappa shape index (κ3) is 3.33. The smallest absolute Gasteiger partial charge is 0.295 e. The summed E-state index contributed by atoms with van der Waals surface area (Å²) in [6.45, 7) is 3.73. The van der Waals surface area contributed by atoms with E-state index in [0.29, 0.717) is 16.9 Å². The van der Waals surface area contributed by atoms with Crippen molar-refractivity contribution in [3.8, 4) is 5.75 Å². The quantitative estimate of drug-likeness (QED) is 0.380. The van der Waals surface area contributed by atoms with Crippen molar-refractivity contribution < 1.29 is 23.8 Å². The highest BCUT2D eigenvalue weighted by Gasteiger charge is 2.45. The molecule has 1 atom stereocenters. The number of Topliss-reactive ketones (excluding diaryl/α,β-unsaturated/α-hetero) is 1. The van der Waals surface area contributed by atoms with E-state index in [1.54, 1.807) is 24.3 Å². The largest absolute Gasteiger partial charge is 0.507 e. The van der Waals surface area contributed by atoms with Gasteiger partial charge in [0, 0.05) is 12.1 Å². The van der Waals surface area contributed by atoms with Crippen LogP contribution >= 0.6 is 0 Å². The second kappa shape index (κ2) is 7.45. The Kier molecular flexibility index (Phi) is 5.07. The number of ketones is 1. The molecule has 5 nitrogen and oxygen atoms in total. The number of aliphatic hydroxyl groups excluding tert-OH is 1. The average molecular weight is 367 g/mol. The zero-order valence-electron chi connectivity index (χ0n) is 14.7. The van der Waals surface area contributed by atoms with Crippen LogP contribution < -0.4 is 4.74 Å². The predicted octanol–water partition coefficient (Wildman–Crippen LogP) is 3.44. The average Bonchev–Trinajstić information content (AvgIpc) is 2.93. The first-order valence-corrected chi connectivity index (χ1v) is 8.27. The van der Waals surface area contributed by atoms with E-state index in [2.05, 4.69) is 6.58 Å². The monoisotopic (exact) mass is 367 g/mol. The third-order valence-electron chi connectivity index (χ3n) is 4.41. The van der Waals surface area contributed by atoms with E-state index in [0.717, 1.165) is 0 Å². The minimum Gasteiger partial charge on any atom is -0.507 e. The molecule has 0 spiro atoms. The molecule has 0 radical (unpaired) electrons. The third-order valence-corrected chi connectivity index (χ3v) is 4.41.